The quantitative estimate of drug-likeness (QED) is 0.633. The normalized spacial score (nSPS) is 15.0. The Labute approximate surface area is 177 Å². The molecule has 1 aliphatic rings. The second-order valence-electron chi connectivity index (χ2n) is 6.99. The molecule has 1 aliphatic heterocycles. The number of rotatable bonds is 8. The topological polar surface area (TPSA) is 68.1 Å². The Morgan fingerprint density at radius 1 is 1.14 bits per heavy atom. The van der Waals surface area contributed by atoms with Crippen LogP contribution in [0.4, 0.5) is 0 Å². The Balaban J connectivity index is 1.47. The first-order chi connectivity index (χ1) is 14.1. The van der Waals surface area contributed by atoms with Crippen molar-refractivity contribution in [3.63, 3.8) is 0 Å². The third kappa shape index (κ3) is 5.77. The lowest BCUT2D eigenvalue weighted by Gasteiger charge is -2.33. The number of thiocarbonyl (C=S) groups is 1. The summed E-state index contributed by atoms with van der Waals surface area (Å²) in [5, 5.41) is 7.28. The molecule has 158 valence electrons. The summed E-state index contributed by atoms with van der Waals surface area (Å²) in [5.74, 6) is 2.87. The van der Waals surface area contributed by atoms with E-state index in [1.165, 1.54) is 0 Å². The van der Waals surface area contributed by atoms with Crippen LogP contribution < -0.4 is 24.8 Å². The first-order valence-corrected chi connectivity index (χ1v) is 10.1. The molecule has 0 bridgehead atoms. The van der Waals surface area contributed by atoms with Crippen LogP contribution in [0.1, 0.15) is 24.2 Å². The summed E-state index contributed by atoms with van der Waals surface area (Å²) in [6, 6.07) is 8.20. The molecule has 1 saturated heterocycles. The van der Waals surface area contributed by atoms with Gasteiger partial charge < -0.3 is 29.3 Å². The van der Waals surface area contributed by atoms with E-state index in [1.54, 1.807) is 27.6 Å². The standard InChI is InChI=1S/C21H29N3O4S/c1-25-18-11-15(12-19(26-2)20(18)27-3)14-24-8-6-16(7-9-24)23-21(29)22-13-17-5-4-10-28-17/h4-5,10-12,16H,6-9,13-14H2,1-3H3,(H2,22,23,29). The fourth-order valence-electron chi connectivity index (χ4n) is 3.54. The van der Waals surface area contributed by atoms with E-state index in [4.69, 9.17) is 30.8 Å². The minimum atomic E-state index is 0.378. The Kier molecular flexibility index (Phi) is 7.60. The van der Waals surface area contributed by atoms with Crippen LogP contribution in [0.2, 0.25) is 0 Å². The molecule has 2 N–H and O–H groups in total. The van der Waals surface area contributed by atoms with Crippen LogP contribution in [0.15, 0.2) is 34.9 Å². The van der Waals surface area contributed by atoms with Crippen LogP contribution in [-0.4, -0.2) is 50.5 Å². The van der Waals surface area contributed by atoms with E-state index in [0.717, 1.165) is 43.8 Å². The molecule has 1 aromatic carbocycles. The summed E-state index contributed by atoms with van der Waals surface area (Å²) < 4.78 is 21.6. The minimum absolute atomic E-state index is 0.378. The number of nitrogens with one attached hydrogen (secondary N) is 2. The summed E-state index contributed by atoms with van der Waals surface area (Å²) in [5.41, 5.74) is 1.14. The fourth-order valence-corrected chi connectivity index (χ4v) is 3.78. The lowest BCUT2D eigenvalue weighted by Crippen LogP contribution is -2.47. The van der Waals surface area contributed by atoms with E-state index < -0.39 is 0 Å². The molecule has 1 aromatic heterocycles. The summed E-state index contributed by atoms with van der Waals surface area (Å²) in [4.78, 5) is 2.43. The van der Waals surface area contributed by atoms with E-state index in [0.29, 0.717) is 34.9 Å². The number of nitrogens with zero attached hydrogens (tertiary/aromatic N) is 1. The van der Waals surface area contributed by atoms with Crippen LogP contribution >= 0.6 is 12.2 Å². The highest BCUT2D eigenvalue weighted by Crippen LogP contribution is 2.38. The van der Waals surface area contributed by atoms with Crippen molar-refractivity contribution in [2.75, 3.05) is 34.4 Å². The van der Waals surface area contributed by atoms with Gasteiger partial charge in [-0.15, -0.1) is 0 Å². The maximum Gasteiger partial charge on any atom is 0.203 e. The molecule has 0 amide bonds. The molecule has 8 heteroatoms. The highest BCUT2D eigenvalue weighted by molar-refractivity contribution is 7.80. The van der Waals surface area contributed by atoms with Crippen molar-refractivity contribution in [1.82, 2.24) is 15.5 Å². The Morgan fingerprint density at radius 3 is 2.38 bits per heavy atom. The van der Waals surface area contributed by atoms with Crippen molar-refractivity contribution in [2.24, 2.45) is 0 Å². The van der Waals surface area contributed by atoms with Gasteiger partial charge in [0, 0.05) is 25.7 Å². The zero-order valence-electron chi connectivity index (χ0n) is 17.2. The molecule has 7 nitrogen and oxygen atoms in total. The van der Waals surface area contributed by atoms with Crippen molar-refractivity contribution < 1.29 is 18.6 Å². The molecule has 0 unspecified atom stereocenters. The van der Waals surface area contributed by atoms with Crippen molar-refractivity contribution in [3.8, 4) is 17.2 Å². The lowest BCUT2D eigenvalue weighted by molar-refractivity contribution is 0.198. The van der Waals surface area contributed by atoms with Gasteiger partial charge in [-0.2, -0.15) is 0 Å². The zero-order valence-corrected chi connectivity index (χ0v) is 18.0. The van der Waals surface area contributed by atoms with Crippen molar-refractivity contribution in [2.45, 2.75) is 32.0 Å². The third-order valence-corrected chi connectivity index (χ3v) is 5.32. The number of piperidine rings is 1. The fraction of sp³-hybridized carbons (Fsp3) is 0.476. The molecule has 0 spiro atoms. The van der Waals surface area contributed by atoms with Gasteiger partial charge in [-0.25, -0.2) is 0 Å². The lowest BCUT2D eigenvalue weighted by atomic mass is 10.0. The number of ether oxygens (including phenoxy) is 3. The van der Waals surface area contributed by atoms with Crippen LogP contribution in [-0.2, 0) is 13.1 Å². The molecule has 0 atom stereocenters. The smallest absolute Gasteiger partial charge is 0.203 e. The second-order valence-corrected chi connectivity index (χ2v) is 7.40. The Bertz CT molecular complexity index is 764. The molecule has 29 heavy (non-hydrogen) atoms. The molecule has 0 radical (unpaired) electrons. The predicted octanol–water partition coefficient (Wildman–Crippen LogP) is 2.93. The first kappa shape index (κ1) is 21.3. The molecule has 0 aliphatic carbocycles. The second kappa shape index (κ2) is 10.4. The van der Waals surface area contributed by atoms with E-state index >= 15 is 0 Å². The summed E-state index contributed by atoms with van der Waals surface area (Å²) in [7, 11) is 4.90. The molecule has 0 saturated carbocycles. The molecule has 2 heterocycles. The maximum atomic E-state index is 5.46. The van der Waals surface area contributed by atoms with Crippen molar-refractivity contribution in [3.05, 3.63) is 41.9 Å². The molecular weight excluding hydrogens is 390 g/mol. The van der Waals surface area contributed by atoms with E-state index in [2.05, 4.69) is 15.5 Å². The predicted molar refractivity (Wildman–Crippen MR) is 116 cm³/mol. The van der Waals surface area contributed by atoms with Crippen LogP contribution in [0, 0.1) is 0 Å². The van der Waals surface area contributed by atoms with Gasteiger partial charge in [-0.1, -0.05) is 0 Å². The van der Waals surface area contributed by atoms with Gasteiger partial charge in [0.15, 0.2) is 16.6 Å². The van der Waals surface area contributed by atoms with E-state index in [9.17, 15) is 0 Å². The summed E-state index contributed by atoms with van der Waals surface area (Å²) >= 11 is 5.40. The van der Waals surface area contributed by atoms with Gasteiger partial charge >= 0.3 is 0 Å². The number of benzene rings is 1. The largest absolute Gasteiger partial charge is 0.493 e. The SMILES string of the molecule is COc1cc(CN2CCC(NC(=S)NCc3ccco3)CC2)cc(OC)c1OC. The minimum Gasteiger partial charge on any atom is -0.493 e. The molecule has 1 fully saturated rings. The summed E-state index contributed by atoms with van der Waals surface area (Å²) in [6.07, 6.45) is 3.73. The first-order valence-electron chi connectivity index (χ1n) is 9.71. The van der Waals surface area contributed by atoms with Crippen LogP contribution in [0.25, 0.3) is 0 Å². The number of hydrogen-bond acceptors (Lipinski definition) is 6. The van der Waals surface area contributed by atoms with Gasteiger partial charge in [-0.3, -0.25) is 4.90 Å². The molecule has 3 rings (SSSR count). The van der Waals surface area contributed by atoms with Gasteiger partial charge in [0.1, 0.15) is 5.76 Å². The van der Waals surface area contributed by atoms with Crippen LogP contribution in [0.5, 0.6) is 17.2 Å². The van der Waals surface area contributed by atoms with Gasteiger partial charge in [0.2, 0.25) is 5.75 Å². The maximum absolute atomic E-state index is 5.46. The van der Waals surface area contributed by atoms with Crippen molar-refractivity contribution in [1.29, 1.82) is 0 Å². The number of methoxy groups -OCH3 is 3. The highest BCUT2D eigenvalue weighted by atomic mass is 32.1. The van der Waals surface area contributed by atoms with Crippen LogP contribution in [0.3, 0.4) is 0 Å². The average molecular weight is 420 g/mol. The van der Waals surface area contributed by atoms with Gasteiger partial charge in [0.05, 0.1) is 34.1 Å². The number of likely N-dealkylation sites (tertiary alicyclic amines) is 1. The Hall–Kier alpha value is -2.45. The monoisotopic (exact) mass is 419 g/mol. The third-order valence-electron chi connectivity index (χ3n) is 5.06. The number of furan rings is 1. The zero-order chi connectivity index (χ0) is 20.6. The Morgan fingerprint density at radius 2 is 1.83 bits per heavy atom. The van der Waals surface area contributed by atoms with Gasteiger partial charge in [-0.05, 0) is 54.9 Å². The van der Waals surface area contributed by atoms with E-state index in [1.807, 2.05) is 24.3 Å². The van der Waals surface area contributed by atoms with Gasteiger partial charge in [0.25, 0.3) is 0 Å². The molecule has 2 aromatic rings. The summed E-state index contributed by atoms with van der Waals surface area (Å²) in [6.45, 7) is 3.42. The highest BCUT2D eigenvalue weighted by Gasteiger charge is 2.21. The van der Waals surface area contributed by atoms with Crippen molar-refractivity contribution >= 4 is 17.3 Å². The molecular formula is C21H29N3O4S. The number of hydrogen-bond donors (Lipinski definition) is 2. The average Bonchev–Trinajstić information content (AvgIpc) is 3.26. The van der Waals surface area contributed by atoms with E-state index in [-0.39, 0.29) is 0 Å².